The Labute approximate surface area is 125 Å². The Morgan fingerprint density at radius 1 is 1.50 bits per heavy atom. The molecule has 0 aliphatic carbocycles. The van der Waals surface area contributed by atoms with Crippen LogP contribution in [0, 0.1) is 0 Å². The second-order valence-electron chi connectivity index (χ2n) is 4.47. The number of methoxy groups -OCH3 is 1. The Hall–Kier alpha value is -1.60. The molecule has 1 aromatic carbocycles. The summed E-state index contributed by atoms with van der Waals surface area (Å²) in [6.07, 6.45) is 0. The molecule has 1 atom stereocenters. The largest absolute Gasteiger partial charge is 0.497 e. The molecule has 0 saturated carbocycles. The Morgan fingerprint density at radius 3 is 2.90 bits per heavy atom. The third kappa shape index (κ3) is 2.94. The number of primary amides is 1. The fraction of sp³-hybridized carbons (Fsp3) is 0.385. The number of nitrogens with two attached hydrogens (primary N) is 1. The number of nitrogens with zero attached hydrogens (tertiary/aromatic N) is 1. The number of ether oxygens (including phenoxy) is 1. The number of hydrogen-bond acceptors (Lipinski definition) is 4. The highest BCUT2D eigenvalue weighted by Gasteiger charge is 2.32. The number of hydrogen-bond donors (Lipinski definition) is 2. The molecule has 7 heteroatoms. The molecule has 1 saturated heterocycles. The second-order valence-corrected chi connectivity index (χ2v) is 5.32. The summed E-state index contributed by atoms with van der Waals surface area (Å²) >= 11 is 3.35. The summed E-state index contributed by atoms with van der Waals surface area (Å²) in [6.45, 7) is 1.45. The van der Waals surface area contributed by atoms with E-state index >= 15 is 0 Å². The number of halogens is 1. The van der Waals surface area contributed by atoms with Gasteiger partial charge in [0.15, 0.2) is 0 Å². The van der Waals surface area contributed by atoms with Gasteiger partial charge < -0.3 is 20.7 Å². The predicted molar refractivity (Wildman–Crippen MR) is 77.6 cm³/mol. The summed E-state index contributed by atoms with van der Waals surface area (Å²) in [6, 6.07) is 4.51. The number of carbonyl (C=O) groups excluding carboxylic acids is 2. The Balaban J connectivity index is 2.31. The van der Waals surface area contributed by atoms with E-state index in [1.807, 2.05) is 0 Å². The summed E-state index contributed by atoms with van der Waals surface area (Å²) in [4.78, 5) is 25.6. The molecule has 1 unspecified atom stereocenters. The number of piperazine rings is 1. The van der Waals surface area contributed by atoms with Crippen LogP contribution in [0.25, 0.3) is 0 Å². The van der Waals surface area contributed by atoms with Gasteiger partial charge in [0.1, 0.15) is 11.8 Å². The van der Waals surface area contributed by atoms with E-state index in [1.165, 1.54) is 12.0 Å². The van der Waals surface area contributed by atoms with Crippen molar-refractivity contribution >= 4 is 27.7 Å². The summed E-state index contributed by atoms with van der Waals surface area (Å²) in [7, 11) is 1.54. The lowest BCUT2D eigenvalue weighted by atomic mass is 10.1. The van der Waals surface area contributed by atoms with Crippen LogP contribution in [0.5, 0.6) is 5.75 Å². The first-order valence-electron chi connectivity index (χ1n) is 6.19. The van der Waals surface area contributed by atoms with E-state index in [0.717, 1.165) is 0 Å². The predicted octanol–water partition coefficient (Wildman–Crippen LogP) is 0.357. The van der Waals surface area contributed by atoms with Crippen LogP contribution in [0.3, 0.4) is 0 Å². The highest BCUT2D eigenvalue weighted by molar-refractivity contribution is 9.10. The van der Waals surface area contributed by atoms with E-state index < -0.39 is 11.9 Å². The first kappa shape index (κ1) is 14.8. The summed E-state index contributed by atoms with van der Waals surface area (Å²) in [5, 5.41) is 3.06. The van der Waals surface area contributed by atoms with E-state index in [4.69, 9.17) is 10.5 Å². The standard InChI is InChI=1S/C13H16BrN3O3/c1-20-8-2-3-10(14)9(6-8)13(19)17-5-4-16-7-11(17)12(15)18/h2-3,6,11,16H,4-5,7H2,1H3,(H2,15,18). The normalized spacial score (nSPS) is 18.7. The lowest BCUT2D eigenvalue weighted by Gasteiger charge is -2.34. The molecule has 0 spiro atoms. The minimum absolute atomic E-state index is 0.235. The molecule has 20 heavy (non-hydrogen) atoms. The summed E-state index contributed by atoms with van der Waals surface area (Å²) in [5.74, 6) is -0.159. The average Bonchev–Trinajstić information content (AvgIpc) is 2.47. The van der Waals surface area contributed by atoms with Crippen molar-refractivity contribution in [3.63, 3.8) is 0 Å². The topological polar surface area (TPSA) is 84.7 Å². The van der Waals surface area contributed by atoms with Crippen LogP contribution in [-0.4, -0.2) is 49.5 Å². The Bertz CT molecular complexity index is 536. The van der Waals surface area contributed by atoms with Gasteiger partial charge in [-0.05, 0) is 34.1 Å². The Morgan fingerprint density at radius 2 is 2.25 bits per heavy atom. The van der Waals surface area contributed by atoms with E-state index in [2.05, 4.69) is 21.2 Å². The van der Waals surface area contributed by atoms with E-state index in [9.17, 15) is 9.59 Å². The zero-order valence-corrected chi connectivity index (χ0v) is 12.6. The van der Waals surface area contributed by atoms with Crippen molar-refractivity contribution < 1.29 is 14.3 Å². The van der Waals surface area contributed by atoms with Gasteiger partial charge in [-0.3, -0.25) is 9.59 Å². The second kappa shape index (κ2) is 6.23. The van der Waals surface area contributed by atoms with Crippen LogP contribution in [0.2, 0.25) is 0 Å². The number of carbonyl (C=O) groups is 2. The zero-order chi connectivity index (χ0) is 14.7. The van der Waals surface area contributed by atoms with Crippen LogP contribution in [0.15, 0.2) is 22.7 Å². The summed E-state index contributed by atoms with van der Waals surface area (Å²) < 4.78 is 5.78. The molecular weight excluding hydrogens is 326 g/mol. The first-order valence-corrected chi connectivity index (χ1v) is 6.98. The number of benzene rings is 1. The third-order valence-electron chi connectivity index (χ3n) is 3.24. The molecule has 0 bridgehead atoms. The van der Waals surface area contributed by atoms with Crippen LogP contribution in [0.1, 0.15) is 10.4 Å². The van der Waals surface area contributed by atoms with Crippen LogP contribution in [-0.2, 0) is 4.79 Å². The van der Waals surface area contributed by atoms with Crippen molar-refractivity contribution in [1.82, 2.24) is 10.2 Å². The third-order valence-corrected chi connectivity index (χ3v) is 3.93. The molecule has 1 heterocycles. The SMILES string of the molecule is COc1ccc(Br)c(C(=O)N2CCNCC2C(N)=O)c1. The fourth-order valence-electron chi connectivity index (χ4n) is 2.15. The highest BCUT2D eigenvalue weighted by atomic mass is 79.9. The monoisotopic (exact) mass is 341 g/mol. The molecule has 6 nitrogen and oxygen atoms in total. The van der Waals surface area contributed by atoms with Gasteiger partial charge in [0.05, 0.1) is 12.7 Å². The van der Waals surface area contributed by atoms with Crippen LogP contribution in [0.4, 0.5) is 0 Å². The molecule has 1 aromatic rings. The van der Waals surface area contributed by atoms with Crippen molar-refractivity contribution in [3.8, 4) is 5.75 Å². The van der Waals surface area contributed by atoms with E-state index in [1.54, 1.807) is 18.2 Å². The minimum Gasteiger partial charge on any atom is -0.497 e. The summed E-state index contributed by atoms with van der Waals surface area (Å²) in [5.41, 5.74) is 5.81. The van der Waals surface area contributed by atoms with Gasteiger partial charge in [-0.1, -0.05) is 0 Å². The van der Waals surface area contributed by atoms with Gasteiger partial charge in [0.2, 0.25) is 5.91 Å². The van der Waals surface area contributed by atoms with Crippen molar-refractivity contribution in [1.29, 1.82) is 0 Å². The average molecular weight is 342 g/mol. The molecule has 3 N–H and O–H groups in total. The Kier molecular flexibility index (Phi) is 4.61. The molecule has 1 aliphatic rings. The highest BCUT2D eigenvalue weighted by Crippen LogP contribution is 2.24. The zero-order valence-electron chi connectivity index (χ0n) is 11.1. The van der Waals surface area contributed by atoms with E-state index in [0.29, 0.717) is 35.4 Å². The first-order chi connectivity index (χ1) is 9.54. The smallest absolute Gasteiger partial charge is 0.255 e. The van der Waals surface area contributed by atoms with Gasteiger partial charge in [-0.15, -0.1) is 0 Å². The molecule has 108 valence electrons. The minimum atomic E-state index is -0.630. The fourth-order valence-corrected chi connectivity index (χ4v) is 2.57. The molecule has 0 aromatic heterocycles. The van der Waals surface area contributed by atoms with Gasteiger partial charge in [0, 0.05) is 24.1 Å². The molecule has 1 fully saturated rings. The molecule has 1 aliphatic heterocycles. The molecular formula is C13H16BrN3O3. The van der Waals surface area contributed by atoms with Gasteiger partial charge in [-0.2, -0.15) is 0 Å². The number of nitrogens with one attached hydrogen (secondary N) is 1. The quantitative estimate of drug-likeness (QED) is 0.831. The maximum atomic E-state index is 12.6. The van der Waals surface area contributed by atoms with Crippen molar-refractivity contribution in [2.45, 2.75) is 6.04 Å². The van der Waals surface area contributed by atoms with Gasteiger partial charge in [0.25, 0.3) is 5.91 Å². The molecule has 2 rings (SSSR count). The number of amides is 2. The van der Waals surface area contributed by atoms with Crippen molar-refractivity contribution in [2.24, 2.45) is 5.73 Å². The lowest BCUT2D eigenvalue weighted by Crippen LogP contribution is -2.58. The lowest BCUT2D eigenvalue weighted by molar-refractivity contribution is -0.122. The maximum Gasteiger partial charge on any atom is 0.255 e. The van der Waals surface area contributed by atoms with E-state index in [-0.39, 0.29) is 5.91 Å². The van der Waals surface area contributed by atoms with Crippen LogP contribution < -0.4 is 15.8 Å². The van der Waals surface area contributed by atoms with Crippen molar-refractivity contribution in [2.75, 3.05) is 26.7 Å². The van der Waals surface area contributed by atoms with Crippen molar-refractivity contribution in [3.05, 3.63) is 28.2 Å². The number of rotatable bonds is 3. The maximum absolute atomic E-state index is 12.6. The molecule has 0 radical (unpaired) electrons. The van der Waals surface area contributed by atoms with Crippen LogP contribution >= 0.6 is 15.9 Å². The van der Waals surface area contributed by atoms with Gasteiger partial charge in [-0.25, -0.2) is 0 Å². The van der Waals surface area contributed by atoms with Gasteiger partial charge >= 0.3 is 0 Å². The molecule has 2 amide bonds.